The normalized spacial score (nSPS) is 16.1. The van der Waals surface area contributed by atoms with Crippen molar-refractivity contribution in [2.24, 2.45) is 5.92 Å². The summed E-state index contributed by atoms with van der Waals surface area (Å²) in [6.45, 7) is 3.15. The summed E-state index contributed by atoms with van der Waals surface area (Å²) in [5, 5.41) is 8.45. The van der Waals surface area contributed by atoms with Crippen molar-refractivity contribution in [3.05, 3.63) is 12.2 Å². The van der Waals surface area contributed by atoms with Crippen molar-refractivity contribution in [3.8, 4) is 0 Å². The largest absolute Gasteiger partial charge is 0.478 e. The third-order valence-corrected chi connectivity index (χ3v) is 5.27. The molecule has 0 bridgehead atoms. The molecule has 0 aliphatic rings. The second kappa shape index (κ2) is 12.1. The van der Waals surface area contributed by atoms with E-state index in [9.17, 15) is 66.7 Å². The molecule has 1 N–H and O–H groups in total. The number of ether oxygens (including phenoxy) is 1. The number of halogens is 13. The lowest BCUT2D eigenvalue weighted by Gasteiger charge is -2.40. The number of carbonyl (C=O) groups excluding carboxylic acids is 1. The monoisotopic (exact) mass is 574 g/mol. The molecule has 2 atom stereocenters. The van der Waals surface area contributed by atoms with Gasteiger partial charge in [-0.05, 0) is 12.3 Å². The summed E-state index contributed by atoms with van der Waals surface area (Å²) in [6.07, 6.45) is -12.0. The highest BCUT2D eigenvalue weighted by Crippen LogP contribution is 2.61. The van der Waals surface area contributed by atoms with E-state index < -0.39 is 72.6 Å². The predicted molar refractivity (Wildman–Crippen MR) is 100.0 cm³/mol. The Bertz CT molecular complexity index is 807. The first kappa shape index (κ1) is 34.8. The van der Waals surface area contributed by atoms with Crippen molar-refractivity contribution in [1.82, 2.24) is 0 Å². The summed E-state index contributed by atoms with van der Waals surface area (Å²) in [5.74, 6) is -42.0. The summed E-state index contributed by atoms with van der Waals surface area (Å²) in [6, 6.07) is 0. The number of unbranched alkanes of at least 4 members (excludes halogenated alkanes) is 1. The predicted octanol–water partition coefficient (Wildman–Crippen LogP) is 7.27. The summed E-state index contributed by atoms with van der Waals surface area (Å²) < 4.78 is 178. The molecule has 0 aromatic rings. The molecule has 4 nitrogen and oxygen atoms in total. The van der Waals surface area contributed by atoms with Crippen LogP contribution in [0.1, 0.15) is 52.4 Å². The van der Waals surface area contributed by atoms with Gasteiger partial charge in [0.2, 0.25) is 0 Å². The standard InChI is InChI=1S/C20H23F13O4/c1-3-5-6-11(4-2)9-12(37-14(36)8-7-13(34)35)10-15(21,22)16(23,24)17(25,26)18(27,28)19(29,30)20(31,32)33/h7-8,11-12H,3-6,9-10H2,1-2H3,(H,34,35)/b8-7+. The third-order valence-electron chi connectivity index (χ3n) is 5.27. The molecule has 0 aliphatic heterocycles. The van der Waals surface area contributed by atoms with E-state index in [0.717, 1.165) is 0 Å². The Balaban J connectivity index is 6.35. The molecule has 0 saturated heterocycles. The first-order valence-electron chi connectivity index (χ1n) is 10.5. The summed E-state index contributed by atoms with van der Waals surface area (Å²) in [5.41, 5.74) is 0. The average Bonchev–Trinajstić information content (AvgIpc) is 2.73. The third kappa shape index (κ3) is 7.65. The van der Waals surface area contributed by atoms with Crippen LogP contribution in [-0.2, 0) is 14.3 Å². The van der Waals surface area contributed by atoms with E-state index in [1.165, 1.54) is 6.92 Å². The number of hydrogen-bond acceptors (Lipinski definition) is 3. The molecule has 0 amide bonds. The summed E-state index contributed by atoms with van der Waals surface area (Å²) in [4.78, 5) is 22.1. The van der Waals surface area contributed by atoms with Crippen molar-refractivity contribution in [3.63, 3.8) is 0 Å². The number of alkyl halides is 13. The maximum Gasteiger partial charge on any atom is 0.460 e. The van der Waals surface area contributed by atoms with Crippen LogP contribution in [0.5, 0.6) is 0 Å². The van der Waals surface area contributed by atoms with Crippen LogP contribution in [0, 0.1) is 5.92 Å². The number of esters is 1. The van der Waals surface area contributed by atoms with E-state index in [2.05, 4.69) is 4.74 Å². The lowest BCUT2D eigenvalue weighted by atomic mass is 9.87. The highest BCUT2D eigenvalue weighted by atomic mass is 19.4. The molecule has 0 aliphatic carbocycles. The highest BCUT2D eigenvalue weighted by Gasteiger charge is 2.90. The molecule has 37 heavy (non-hydrogen) atoms. The quantitative estimate of drug-likeness (QED) is 0.127. The van der Waals surface area contributed by atoms with Gasteiger partial charge in [-0.3, -0.25) is 0 Å². The number of rotatable bonds is 15. The molecule has 0 aromatic heterocycles. The van der Waals surface area contributed by atoms with Crippen LogP contribution in [-0.4, -0.2) is 58.9 Å². The van der Waals surface area contributed by atoms with Gasteiger partial charge >= 0.3 is 47.7 Å². The minimum atomic E-state index is -8.03. The van der Waals surface area contributed by atoms with Crippen LogP contribution in [0.25, 0.3) is 0 Å². The Labute approximate surface area is 201 Å². The van der Waals surface area contributed by atoms with E-state index in [0.29, 0.717) is 12.8 Å². The summed E-state index contributed by atoms with van der Waals surface area (Å²) >= 11 is 0. The van der Waals surface area contributed by atoms with Crippen molar-refractivity contribution >= 4 is 11.9 Å². The van der Waals surface area contributed by atoms with Crippen LogP contribution >= 0.6 is 0 Å². The number of carbonyl (C=O) groups is 2. The molecule has 2 unspecified atom stereocenters. The minimum absolute atomic E-state index is 0.116. The maximum atomic E-state index is 14.3. The van der Waals surface area contributed by atoms with Gasteiger partial charge in [-0.2, -0.15) is 57.1 Å². The zero-order valence-corrected chi connectivity index (χ0v) is 19.1. The molecule has 0 spiro atoms. The van der Waals surface area contributed by atoms with Crippen molar-refractivity contribution < 1.29 is 76.5 Å². The van der Waals surface area contributed by atoms with E-state index in [1.54, 1.807) is 6.92 Å². The molecule has 218 valence electrons. The molecule has 0 heterocycles. The van der Waals surface area contributed by atoms with Gasteiger partial charge in [0, 0.05) is 12.2 Å². The molecular weight excluding hydrogens is 551 g/mol. The Hall–Kier alpha value is -2.23. The molecule has 0 saturated carbocycles. The number of carboxylic acids is 1. The van der Waals surface area contributed by atoms with E-state index in [4.69, 9.17) is 5.11 Å². The van der Waals surface area contributed by atoms with Gasteiger partial charge < -0.3 is 9.84 Å². The topological polar surface area (TPSA) is 63.6 Å². The van der Waals surface area contributed by atoms with Gasteiger partial charge in [0.1, 0.15) is 6.10 Å². The van der Waals surface area contributed by atoms with Crippen molar-refractivity contribution in [2.45, 2.75) is 94.3 Å². The Morgan fingerprint density at radius 1 is 0.784 bits per heavy atom. The van der Waals surface area contributed by atoms with E-state index in [-0.39, 0.29) is 25.0 Å². The Kier molecular flexibility index (Phi) is 11.4. The molecular formula is C20H23F13O4. The van der Waals surface area contributed by atoms with Crippen LogP contribution in [0.3, 0.4) is 0 Å². The summed E-state index contributed by atoms with van der Waals surface area (Å²) in [7, 11) is 0. The van der Waals surface area contributed by atoms with E-state index >= 15 is 0 Å². The van der Waals surface area contributed by atoms with Crippen LogP contribution in [0.15, 0.2) is 12.2 Å². The lowest BCUT2D eigenvalue weighted by Crippen LogP contribution is -2.70. The second-order valence-corrected chi connectivity index (χ2v) is 8.09. The molecule has 0 radical (unpaired) electrons. The van der Waals surface area contributed by atoms with E-state index in [1.807, 2.05) is 0 Å². The Morgan fingerprint density at radius 2 is 1.27 bits per heavy atom. The molecule has 17 heteroatoms. The highest BCUT2D eigenvalue weighted by molar-refractivity contribution is 5.90. The number of carboxylic acid groups (broad SMARTS) is 1. The van der Waals surface area contributed by atoms with Crippen molar-refractivity contribution in [2.75, 3.05) is 0 Å². The average molecular weight is 574 g/mol. The van der Waals surface area contributed by atoms with Gasteiger partial charge in [-0.25, -0.2) is 9.59 Å². The van der Waals surface area contributed by atoms with Gasteiger partial charge in [0.25, 0.3) is 0 Å². The van der Waals surface area contributed by atoms with Gasteiger partial charge in [0.05, 0.1) is 6.42 Å². The zero-order valence-electron chi connectivity index (χ0n) is 19.1. The maximum absolute atomic E-state index is 14.3. The fourth-order valence-electron chi connectivity index (χ4n) is 3.09. The lowest BCUT2D eigenvalue weighted by molar-refractivity contribution is -0.440. The second-order valence-electron chi connectivity index (χ2n) is 8.09. The fourth-order valence-corrected chi connectivity index (χ4v) is 3.09. The van der Waals surface area contributed by atoms with Crippen molar-refractivity contribution in [1.29, 1.82) is 0 Å². The minimum Gasteiger partial charge on any atom is -0.478 e. The fraction of sp³-hybridized carbons (Fsp3) is 0.800. The molecule has 0 fully saturated rings. The number of hydrogen-bond donors (Lipinski definition) is 1. The molecule has 0 aromatic carbocycles. The zero-order chi connectivity index (χ0) is 29.7. The molecule has 0 rings (SSSR count). The Morgan fingerprint density at radius 3 is 1.68 bits per heavy atom. The van der Waals surface area contributed by atoms with Gasteiger partial charge in [-0.15, -0.1) is 0 Å². The number of aliphatic carboxylic acids is 1. The SMILES string of the molecule is CCCCC(CC)CC(CC(F)(F)C(F)(F)C(F)(F)C(F)(F)C(F)(F)C(F)(F)F)OC(=O)/C=C/C(=O)O. The van der Waals surface area contributed by atoms with Crippen LogP contribution in [0.4, 0.5) is 57.1 Å². The van der Waals surface area contributed by atoms with Gasteiger partial charge in [-0.1, -0.05) is 39.5 Å². The first-order valence-corrected chi connectivity index (χ1v) is 10.5. The van der Waals surface area contributed by atoms with Crippen LogP contribution < -0.4 is 0 Å². The first-order chi connectivity index (χ1) is 16.4. The van der Waals surface area contributed by atoms with Gasteiger partial charge in [0.15, 0.2) is 0 Å². The smallest absolute Gasteiger partial charge is 0.460 e. The van der Waals surface area contributed by atoms with Crippen LogP contribution in [0.2, 0.25) is 0 Å².